The summed E-state index contributed by atoms with van der Waals surface area (Å²) in [5.74, 6) is 1.43. The molecule has 0 fully saturated rings. The molecule has 4 heteroatoms. The maximum absolute atomic E-state index is 5.73. The number of pyridine rings is 2. The molecular weight excluding hydrogens is 234 g/mol. The van der Waals surface area contributed by atoms with Gasteiger partial charge in [0.05, 0.1) is 0 Å². The van der Waals surface area contributed by atoms with E-state index in [4.69, 9.17) is 11.6 Å². The van der Waals surface area contributed by atoms with Crippen molar-refractivity contribution in [1.29, 1.82) is 0 Å². The van der Waals surface area contributed by atoms with Gasteiger partial charge in [0.25, 0.3) is 0 Å². The Hall–Kier alpha value is -1.61. The molecule has 0 N–H and O–H groups in total. The van der Waals surface area contributed by atoms with Crippen LogP contribution in [0.15, 0.2) is 42.9 Å². The van der Waals surface area contributed by atoms with Crippen LogP contribution in [-0.4, -0.2) is 17.0 Å². The first-order chi connectivity index (χ1) is 8.29. The first kappa shape index (κ1) is 11.9. The van der Waals surface area contributed by atoms with Crippen LogP contribution in [0, 0.1) is 0 Å². The Kier molecular flexibility index (Phi) is 3.94. The lowest BCUT2D eigenvalue weighted by atomic mass is 10.2. The zero-order chi connectivity index (χ0) is 12.1. The van der Waals surface area contributed by atoms with E-state index in [1.54, 1.807) is 6.20 Å². The van der Waals surface area contributed by atoms with Crippen LogP contribution in [0.1, 0.15) is 11.1 Å². The number of hydrogen-bond acceptors (Lipinski definition) is 3. The molecule has 2 rings (SSSR count). The highest BCUT2D eigenvalue weighted by atomic mass is 35.5. The minimum absolute atomic E-state index is 0.500. The Labute approximate surface area is 106 Å². The highest BCUT2D eigenvalue weighted by Crippen LogP contribution is 2.13. The predicted octanol–water partition coefficient (Wildman–Crippen LogP) is 2.85. The zero-order valence-corrected chi connectivity index (χ0v) is 10.4. The number of anilines is 1. The molecule has 2 heterocycles. The van der Waals surface area contributed by atoms with Crippen molar-refractivity contribution >= 4 is 17.4 Å². The predicted molar refractivity (Wildman–Crippen MR) is 70.1 cm³/mol. The first-order valence-electron chi connectivity index (χ1n) is 5.40. The molecule has 0 aromatic carbocycles. The Morgan fingerprint density at radius 3 is 2.65 bits per heavy atom. The highest BCUT2D eigenvalue weighted by Gasteiger charge is 2.03. The summed E-state index contributed by atoms with van der Waals surface area (Å²) in [6, 6.07) is 7.97. The number of aromatic nitrogens is 2. The van der Waals surface area contributed by atoms with Gasteiger partial charge in [0.15, 0.2) is 0 Å². The lowest BCUT2D eigenvalue weighted by Crippen LogP contribution is -2.17. The lowest BCUT2D eigenvalue weighted by molar-refractivity contribution is 0.890. The van der Waals surface area contributed by atoms with Crippen molar-refractivity contribution < 1.29 is 0 Å². The van der Waals surface area contributed by atoms with Gasteiger partial charge in [-0.05, 0) is 23.3 Å². The van der Waals surface area contributed by atoms with Crippen molar-refractivity contribution in [1.82, 2.24) is 9.97 Å². The van der Waals surface area contributed by atoms with E-state index in [1.165, 1.54) is 5.56 Å². The van der Waals surface area contributed by atoms with E-state index in [0.29, 0.717) is 5.88 Å². The summed E-state index contributed by atoms with van der Waals surface area (Å²) in [5.41, 5.74) is 2.20. The van der Waals surface area contributed by atoms with E-state index in [9.17, 15) is 0 Å². The van der Waals surface area contributed by atoms with Gasteiger partial charge in [0, 0.05) is 38.1 Å². The highest BCUT2D eigenvalue weighted by molar-refractivity contribution is 6.17. The van der Waals surface area contributed by atoms with E-state index < -0.39 is 0 Å². The molecule has 0 atom stereocenters. The lowest BCUT2D eigenvalue weighted by Gasteiger charge is -2.18. The Bertz CT molecular complexity index is 456. The van der Waals surface area contributed by atoms with Crippen molar-refractivity contribution in [3.8, 4) is 0 Å². The molecule has 2 aromatic rings. The van der Waals surface area contributed by atoms with Gasteiger partial charge < -0.3 is 4.90 Å². The maximum Gasteiger partial charge on any atom is 0.128 e. The molecule has 17 heavy (non-hydrogen) atoms. The van der Waals surface area contributed by atoms with Crippen molar-refractivity contribution in [2.45, 2.75) is 12.4 Å². The molecule has 0 bridgehead atoms. The molecular formula is C13H14ClN3. The third kappa shape index (κ3) is 3.17. The third-order valence-electron chi connectivity index (χ3n) is 2.50. The molecule has 3 nitrogen and oxygen atoms in total. The molecule has 0 aliphatic rings. The van der Waals surface area contributed by atoms with Crippen LogP contribution >= 0.6 is 11.6 Å². The molecule has 0 amide bonds. The summed E-state index contributed by atoms with van der Waals surface area (Å²) in [6.45, 7) is 0.793. The number of hydrogen-bond donors (Lipinski definition) is 0. The summed E-state index contributed by atoms with van der Waals surface area (Å²) in [7, 11) is 2.01. The average Bonchev–Trinajstić information content (AvgIpc) is 2.40. The quantitative estimate of drug-likeness (QED) is 0.778. The van der Waals surface area contributed by atoms with Gasteiger partial charge in [-0.25, -0.2) is 4.98 Å². The minimum Gasteiger partial charge on any atom is -0.355 e. The van der Waals surface area contributed by atoms with Gasteiger partial charge in [0.2, 0.25) is 0 Å². The maximum atomic E-state index is 5.73. The van der Waals surface area contributed by atoms with Gasteiger partial charge in [-0.2, -0.15) is 0 Å². The van der Waals surface area contributed by atoms with Gasteiger partial charge in [-0.1, -0.05) is 12.1 Å². The van der Waals surface area contributed by atoms with Gasteiger partial charge in [0.1, 0.15) is 5.82 Å². The van der Waals surface area contributed by atoms with E-state index in [2.05, 4.69) is 20.9 Å². The normalized spacial score (nSPS) is 10.2. The molecule has 0 saturated carbocycles. The standard InChI is InChI=1S/C13H14ClN3/c1-17(10-12-3-2-6-15-8-12)13-5-4-11(7-14)9-16-13/h2-6,8-9H,7,10H2,1H3. The molecule has 88 valence electrons. The minimum atomic E-state index is 0.500. The fourth-order valence-electron chi connectivity index (χ4n) is 1.57. The molecule has 0 aliphatic heterocycles. The summed E-state index contributed by atoms with van der Waals surface area (Å²) in [6.07, 6.45) is 5.45. The number of halogens is 1. The van der Waals surface area contributed by atoms with Crippen LogP contribution in [0.3, 0.4) is 0 Å². The summed E-state index contributed by atoms with van der Waals surface area (Å²) in [5, 5.41) is 0. The van der Waals surface area contributed by atoms with Gasteiger partial charge in [-0.3, -0.25) is 4.98 Å². The second kappa shape index (κ2) is 5.64. The van der Waals surface area contributed by atoms with Crippen LogP contribution in [-0.2, 0) is 12.4 Å². The molecule has 0 spiro atoms. The van der Waals surface area contributed by atoms with Crippen molar-refractivity contribution in [3.05, 3.63) is 54.0 Å². The molecule has 0 saturated heterocycles. The Balaban J connectivity index is 2.06. The van der Waals surface area contributed by atoms with Gasteiger partial charge >= 0.3 is 0 Å². The number of rotatable bonds is 4. The van der Waals surface area contributed by atoms with E-state index >= 15 is 0 Å². The second-order valence-corrected chi connectivity index (χ2v) is 4.14. The second-order valence-electron chi connectivity index (χ2n) is 3.88. The van der Waals surface area contributed by atoms with Crippen molar-refractivity contribution in [2.24, 2.45) is 0 Å². The number of nitrogens with zero attached hydrogens (tertiary/aromatic N) is 3. The van der Waals surface area contributed by atoms with E-state index in [1.807, 2.05) is 37.6 Å². The SMILES string of the molecule is CN(Cc1cccnc1)c1ccc(CCl)cn1. The van der Waals surface area contributed by atoms with Crippen LogP contribution in [0.5, 0.6) is 0 Å². The summed E-state index contributed by atoms with van der Waals surface area (Å²) >= 11 is 5.73. The van der Waals surface area contributed by atoms with Crippen molar-refractivity contribution in [3.63, 3.8) is 0 Å². The fraction of sp³-hybridized carbons (Fsp3) is 0.231. The molecule has 0 aliphatic carbocycles. The largest absolute Gasteiger partial charge is 0.355 e. The van der Waals surface area contributed by atoms with Crippen molar-refractivity contribution in [2.75, 3.05) is 11.9 Å². The smallest absolute Gasteiger partial charge is 0.128 e. The van der Waals surface area contributed by atoms with Crippen LogP contribution in [0.2, 0.25) is 0 Å². The van der Waals surface area contributed by atoms with E-state index in [0.717, 1.165) is 17.9 Å². The third-order valence-corrected chi connectivity index (χ3v) is 2.81. The Morgan fingerprint density at radius 2 is 2.06 bits per heavy atom. The summed E-state index contributed by atoms with van der Waals surface area (Å²) in [4.78, 5) is 10.5. The molecule has 0 radical (unpaired) electrons. The monoisotopic (exact) mass is 247 g/mol. The van der Waals surface area contributed by atoms with Crippen LogP contribution < -0.4 is 4.90 Å². The average molecular weight is 248 g/mol. The topological polar surface area (TPSA) is 29.0 Å². The van der Waals surface area contributed by atoms with Gasteiger partial charge in [-0.15, -0.1) is 11.6 Å². The van der Waals surface area contributed by atoms with Crippen LogP contribution in [0.25, 0.3) is 0 Å². The number of alkyl halides is 1. The van der Waals surface area contributed by atoms with Crippen LogP contribution in [0.4, 0.5) is 5.82 Å². The summed E-state index contributed by atoms with van der Waals surface area (Å²) < 4.78 is 0. The first-order valence-corrected chi connectivity index (χ1v) is 5.94. The molecule has 2 aromatic heterocycles. The Morgan fingerprint density at radius 1 is 1.18 bits per heavy atom. The fourth-order valence-corrected chi connectivity index (χ4v) is 1.73. The van der Waals surface area contributed by atoms with E-state index in [-0.39, 0.29) is 0 Å². The molecule has 0 unspecified atom stereocenters. The zero-order valence-electron chi connectivity index (χ0n) is 9.68.